The van der Waals surface area contributed by atoms with E-state index in [2.05, 4.69) is 35.7 Å². The van der Waals surface area contributed by atoms with Gasteiger partial charge in [-0.3, -0.25) is 39.0 Å². The topological polar surface area (TPSA) is 201 Å². The Labute approximate surface area is 408 Å². The summed E-state index contributed by atoms with van der Waals surface area (Å²) in [5.74, 6) is -2.57. The first-order chi connectivity index (χ1) is 34.4. The van der Waals surface area contributed by atoms with Gasteiger partial charge in [0.05, 0.1) is 31.2 Å². The Balaban J connectivity index is 0.675. The van der Waals surface area contributed by atoms with Crippen LogP contribution in [0.5, 0.6) is 0 Å². The number of nitrogens with two attached hydrogens (primary N) is 1. The van der Waals surface area contributed by atoms with Crippen LogP contribution in [0.4, 0.5) is 15.9 Å². The van der Waals surface area contributed by atoms with E-state index in [1.165, 1.54) is 49.9 Å². The average molecular weight is 951 g/mol. The van der Waals surface area contributed by atoms with Crippen molar-refractivity contribution in [3.8, 4) is 11.3 Å². The molecule has 4 aliphatic heterocycles. The van der Waals surface area contributed by atoms with Gasteiger partial charge in [-0.1, -0.05) is 30.3 Å². The molecule has 4 saturated heterocycles. The summed E-state index contributed by atoms with van der Waals surface area (Å²) in [7, 11) is 0. The van der Waals surface area contributed by atoms with Crippen LogP contribution < -0.4 is 21.7 Å². The second kappa shape index (κ2) is 20.2. The minimum atomic E-state index is -0.931. The molecular weight excluding hydrogens is 890 g/mol. The van der Waals surface area contributed by atoms with Gasteiger partial charge in [-0.05, 0) is 136 Å². The molecule has 5 aromatic rings. The predicted octanol–water partition coefficient (Wildman–Crippen LogP) is 5.80. The fourth-order valence-corrected chi connectivity index (χ4v) is 11.3. The minimum Gasteiger partial charge on any atom is -0.382 e. The highest BCUT2D eigenvalue weighted by atomic mass is 19.1. The number of hydrogen-bond acceptors (Lipinski definition) is 11. The molecular formula is C53H60FN11O5. The number of halogens is 1. The molecule has 2 atom stereocenters. The van der Waals surface area contributed by atoms with Gasteiger partial charge in [-0.2, -0.15) is 5.10 Å². The number of hydrogen-bond donors (Lipinski definition) is 4. The third-order valence-electron chi connectivity index (χ3n) is 15.4. The average Bonchev–Trinajstić information content (AvgIpc) is 3.87. The number of likely N-dealkylation sites (tertiary alicyclic amines) is 3. The third kappa shape index (κ3) is 10.4. The fourth-order valence-electron chi connectivity index (χ4n) is 11.3. The number of amides is 5. The Morgan fingerprint density at radius 2 is 1.56 bits per heavy atom. The molecule has 1 aliphatic carbocycles. The van der Waals surface area contributed by atoms with E-state index in [1.807, 2.05) is 46.1 Å². The van der Waals surface area contributed by atoms with Crippen molar-refractivity contribution in [1.82, 2.24) is 45.1 Å². The molecule has 17 heteroatoms. The molecule has 6 heterocycles. The minimum absolute atomic E-state index is 0.0368. The summed E-state index contributed by atoms with van der Waals surface area (Å²) in [6, 6.07) is 21.4. The van der Waals surface area contributed by atoms with Crippen molar-refractivity contribution in [3.05, 3.63) is 126 Å². The molecule has 364 valence electrons. The van der Waals surface area contributed by atoms with Crippen LogP contribution in [-0.4, -0.2) is 122 Å². The Kier molecular flexibility index (Phi) is 13.2. The first kappa shape index (κ1) is 45.6. The third-order valence-corrected chi connectivity index (χ3v) is 15.4. The molecule has 5 N–H and O–H groups in total. The Morgan fingerprint density at radius 1 is 0.857 bits per heavy atom. The van der Waals surface area contributed by atoms with Gasteiger partial charge in [-0.25, -0.2) is 9.37 Å². The first-order valence-corrected chi connectivity index (χ1v) is 24.7. The van der Waals surface area contributed by atoms with Gasteiger partial charge >= 0.3 is 0 Å². The van der Waals surface area contributed by atoms with Crippen molar-refractivity contribution in [1.29, 1.82) is 0 Å². The van der Waals surface area contributed by atoms with E-state index in [9.17, 15) is 28.4 Å². The summed E-state index contributed by atoms with van der Waals surface area (Å²) in [5.41, 5.74) is 9.89. The van der Waals surface area contributed by atoms with Gasteiger partial charge in [0.1, 0.15) is 23.6 Å². The van der Waals surface area contributed by atoms with Gasteiger partial charge in [0.2, 0.25) is 17.7 Å². The number of anilines is 2. The number of benzene rings is 3. The van der Waals surface area contributed by atoms with Crippen molar-refractivity contribution < 1.29 is 29.7 Å². The standard InChI is InChI=1S/C53H60FN11O5/c54-39-10-12-40(13-11-39)58-51(69)46(35-4-2-1-3-5-35)48-47(56-31-44(55)60-48)38-30-57-65(33-38)41-18-24-63(25-19-41)42-28-53(29-42)20-26-62(27-21-53)32-34-16-22-64(23-17-34)52(70)37-8-6-36(7-9-37)49(67)59-43-14-15-45(66)61-50(43)68/h1-13,30-31,33-34,41-43,46H,14-29,32H2,(H2,55,60)(H,58,69)(H,59,67)(H,61,66,68)/t43?,46-/m1/s1/i31D. The monoisotopic (exact) mass is 950 g/mol. The molecule has 5 amide bonds. The number of imide groups is 1. The maximum Gasteiger partial charge on any atom is 0.253 e. The van der Waals surface area contributed by atoms with Gasteiger partial charge < -0.3 is 31.1 Å². The Bertz CT molecular complexity index is 2760. The number of aromatic nitrogens is 4. The van der Waals surface area contributed by atoms with Crippen LogP contribution in [-0.2, 0) is 14.4 Å². The van der Waals surface area contributed by atoms with Crippen LogP contribution in [0.15, 0.2) is 97.4 Å². The first-order valence-electron chi connectivity index (χ1n) is 25.2. The molecule has 2 aromatic heterocycles. The molecule has 0 radical (unpaired) electrons. The maximum absolute atomic E-state index is 14.0. The van der Waals surface area contributed by atoms with E-state index in [0.717, 1.165) is 58.4 Å². The van der Waals surface area contributed by atoms with Gasteiger partial charge in [-0.15, -0.1) is 0 Å². The largest absolute Gasteiger partial charge is 0.382 e. The number of carbonyl (C=O) groups is 5. The quantitative estimate of drug-likeness (QED) is 0.110. The SMILES string of the molecule is [2H]c1nc(-c2cnn(C3CCN(C4CC5(CCN(CC6CCN(C(=O)c7ccc(C(=O)NC8CCC(=O)NC8=O)cc7)CC6)CC5)C4)CC3)c2)c([C@H](C(=O)Nc2ccc(F)cc2)c2ccccc2)nc1N. The van der Waals surface area contributed by atoms with Crippen LogP contribution in [0.3, 0.4) is 0 Å². The van der Waals surface area contributed by atoms with E-state index >= 15 is 0 Å². The summed E-state index contributed by atoms with van der Waals surface area (Å²) in [6.07, 6.45) is 12.7. The molecule has 5 fully saturated rings. The zero-order valence-corrected chi connectivity index (χ0v) is 39.2. The van der Waals surface area contributed by atoms with Gasteiger partial charge in [0.15, 0.2) is 0 Å². The number of piperidine rings is 4. The lowest BCUT2D eigenvalue weighted by molar-refractivity contribution is -0.134. The highest BCUT2D eigenvalue weighted by Gasteiger charge is 2.48. The molecule has 1 spiro atoms. The molecule has 10 rings (SSSR count). The van der Waals surface area contributed by atoms with E-state index in [0.29, 0.717) is 69.8 Å². The number of carbonyl (C=O) groups excluding carboxylic acids is 5. The molecule has 16 nitrogen and oxygen atoms in total. The summed E-state index contributed by atoms with van der Waals surface area (Å²) >= 11 is 0. The Hall–Kier alpha value is -6.85. The van der Waals surface area contributed by atoms with E-state index < -0.39 is 35.5 Å². The van der Waals surface area contributed by atoms with E-state index in [1.54, 1.807) is 30.5 Å². The second-order valence-corrected chi connectivity index (χ2v) is 19.9. The number of rotatable bonds is 12. The highest BCUT2D eigenvalue weighted by molar-refractivity contribution is 6.04. The fraction of sp³-hybridized carbons (Fsp3) is 0.434. The summed E-state index contributed by atoms with van der Waals surface area (Å²) in [6.45, 7) is 6.70. The smallest absolute Gasteiger partial charge is 0.253 e. The van der Waals surface area contributed by atoms with Gasteiger partial charge in [0.25, 0.3) is 11.8 Å². The van der Waals surface area contributed by atoms with Crippen molar-refractivity contribution in [2.45, 2.75) is 88.3 Å². The van der Waals surface area contributed by atoms with Crippen molar-refractivity contribution in [2.24, 2.45) is 11.3 Å². The zero-order valence-electron chi connectivity index (χ0n) is 40.2. The van der Waals surface area contributed by atoms with Crippen molar-refractivity contribution in [2.75, 3.05) is 56.9 Å². The Morgan fingerprint density at radius 3 is 2.26 bits per heavy atom. The highest BCUT2D eigenvalue weighted by Crippen LogP contribution is 2.51. The van der Waals surface area contributed by atoms with Crippen molar-refractivity contribution >= 4 is 41.0 Å². The lowest BCUT2D eigenvalue weighted by Crippen LogP contribution is -2.56. The van der Waals surface area contributed by atoms with Crippen LogP contribution in [0.1, 0.15) is 110 Å². The molecule has 0 bridgehead atoms. The summed E-state index contributed by atoms with van der Waals surface area (Å²) < 4.78 is 24.1. The lowest BCUT2D eigenvalue weighted by atomic mass is 9.59. The maximum atomic E-state index is 14.0. The van der Waals surface area contributed by atoms with Crippen LogP contribution in [0, 0.1) is 17.2 Å². The molecule has 70 heavy (non-hydrogen) atoms. The van der Waals surface area contributed by atoms with Crippen molar-refractivity contribution in [3.63, 3.8) is 0 Å². The zero-order chi connectivity index (χ0) is 49.2. The van der Waals surface area contributed by atoms with Crippen LogP contribution in [0.25, 0.3) is 11.3 Å². The summed E-state index contributed by atoms with van der Waals surface area (Å²) in [4.78, 5) is 80.1. The predicted molar refractivity (Wildman–Crippen MR) is 261 cm³/mol. The van der Waals surface area contributed by atoms with E-state index in [4.69, 9.17) is 12.2 Å². The van der Waals surface area contributed by atoms with Gasteiger partial charge in [0, 0.05) is 73.8 Å². The molecule has 5 aliphatic rings. The normalized spacial score (nSPS) is 21.1. The number of nitrogen functional groups attached to an aromatic ring is 1. The molecule has 1 unspecified atom stereocenters. The van der Waals surface area contributed by atoms with Crippen LogP contribution >= 0.6 is 0 Å². The molecule has 3 aromatic carbocycles. The second-order valence-electron chi connectivity index (χ2n) is 19.9. The van der Waals surface area contributed by atoms with E-state index in [-0.39, 0.29) is 42.7 Å². The summed E-state index contributed by atoms with van der Waals surface area (Å²) in [5, 5.41) is 12.6. The number of nitrogens with zero attached hydrogens (tertiary/aromatic N) is 7. The number of nitrogens with one attached hydrogen (secondary N) is 3. The lowest BCUT2D eigenvalue weighted by Gasteiger charge is -2.56. The molecule has 1 saturated carbocycles. The van der Waals surface area contributed by atoms with Crippen LogP contribution in [0.2, 0.25) is 0 Å².